The van der Waals surface area contributed by atoms with Gasteiger partial charge in [-0.05, 0) is 30.3 Å². The monoisotopic (exact) mass is 377 g/mol. The number of carbonyl (C=O) groups is 1. The van der Waals surface area contributed by atoms with E-state index in [9.17, 15) is 9.18 Å². The van der Waals surface area contributed by atoms with Gasteiger partial charge in [-0.1, -0.05) is 0 Å². The summed E-state index contributed by atoms with van der Waals surface area (Å²) in [7, 11) is 1.82. The summed E-state index contributed by atoms with van der Waals surface area (Å²) < 4.78 is 14.7. The van der Waals surface area contributed by atoms with Gasteiger partial charge in [0.25, 0.3) is 5.91 Å². The largest absolute Gasteiger partial charge is 0.345 e. The third kappa shape index (κ3) is 3.63. The van der Waals surface area contributed by atoms with Crippen molar-refractivity contribution in [2.45, 2.75) is 6.54 Å². The average Bonchev–Trinajstić information content (AvgIpc) is 3.36. The van der Waals surface area contributed by atoms with Crippen molar-refractivity contribution in [1.82, 2.24) is 35.3 Å². The Bertz CT molecular complexity index is 1120. The number of rotatable bonds is 5. The van der Waals surface area contributed by atoms with Gasteiger partial charge in [-0.15, -0.1) is 0 Å². The van der Waals surface area contributed by atoms with Crippen molar-refractivity contribution in [3.05, 3.63) is 72.3 Å². The number of hydrogen-bond donors (Lipinski definition) is 2. The number of benzene rings is 1. The predicted molar refractivity (Wildman–Crippen MR) is 99.4 cm³/mol. The highest BCUT2D eigenvalue weighted by atomic mass is 19.1. The number of aromatic nitrogens is 6. The summed E-state index contributed by atoms with van der Waals surface area (Å²) >= 11 is 0. The van der Waals surface area contributed by atoms with Gasteiger partial charge in [0.15, 0.2) is 0 Å². The lowest BCUT2D eigenvalue weighted by atomic mass is 10.1. The van der Waals surface area contributed by atoms with E-state index in [-0.39, 0.29) is 18.3 Å². The van der Waals surface area contributed by atoms with E-state index >= 15 is 0 Å². The molecule has 3 aromatic heterocycles. The number of aromatic amines is 1. The van der Waals surface area contributed by atoms with Crippen LogP contribution in [0.1, 0.15) is 16.2 Å². The fourth-order valence-corrected chi connectivity index (χ4v) is 2.75. The molecule has 0 bridgehead atoms. The second-order valence-corrected chi connectivity index (χ2v) is 6.11. The number of aryl methyl sites for hydroxylation is 1. The maximum atomic E-state index is 13.0. The number of H-pyrrole nitrogens is 1. The molecular weight excluding hydrogens is 361 g/mol. The predicted octanol–water partition coefficient (Wildman–Crippen LogP) is 2.34. The highest BCUT2D eigenvalue weighted by Crippen LogP contribution is 2.20. The van der Waals surface area contributed by atoms with Crippen LogP contribution in [0.4, 0.5) is 4.39 Å². The molecule has 0 unspecified atom stereocenters. The number of nitrogens with zero attached hydrogens (tertiary/aromatic N) is 5. The minimum atomic E-state index is -0.330. The summed E-state index contributed by atoms with van der Waals surface area (Å²) in [6.45, 7) is 0.196. The van der Waals surface area contributed by atoms with Gasteiger partial charge >= 0.3 is 0 Å². The lowest BCUT2D eigenvalue weighted by Crippen LogP contribution is -2.24. The van der Waals surface area contributed by atoms with Crippen molar-refractivity contribution >= 4 is 5.91 Å². The molecule has 3 heterocycles. The first-order valence-electron chi connectivity index (χ1n) is 8.48. The Labute approximate surface area is 159 Å². The SMILES string of the molecule is Cn1cc(-c2nccnc2CNC(=O)c2cc(-c3ccc(F)cc3)n[nH]2)cn1. The van der Waals surface area contributed by atoms with E-state index in [1.54, 1.807) is 41.5 Å². The summed E-state index contributed by atoms with van der Waals surface area (Å²) in [4.78, 5) is 21.1. The van der Waals surface area contributed by atoms with Crippen LogP contribution in [0.25, 0.3) is 22.5 Å². The van der Waals surface area contributed by atoms with E-state index in [1.165, 1.54) is 12.1 Å². The van der Waals surface area contributed by atoms with Crippen LogP contribution in [0.2, 0.25) is 0 Å². The lowest BCUT2D eigenvalue weighted by molar-refractivity contribution is 0.0945. The normalized spacial score (nSPS) is 10.8. The van der Waals surface area contributed by atoms with Crippen LogP contribution in [-0.2, 0) is 13.6 Å². The molecule has 140 valence electrons. The van der Waals surface area contributed by atoms with Crippen LogP contribution < -0.4 is 5.32 Å². The molecule has 0 saturated heterocycles. The number of amides is 1. The zero-order valence-electron chi connectivity index (χ0n) is 14.9. The molecule has 28 heavy (non-hydrogen) atoms. The first-order chi connectivity index (χ1) is 13.6. The number of carbonyl (C=O) groups excluding carboxylic acids is 1. The van der Waals surface area contributed by atoms with E-state index in [0.717, 1.165) is 5.56 Å². The van der Waals surface area contributed by atoms with Gasteiger partial charge in [0.05, 0.1) is 29.8 Å². The van der Waals surface area contributed by atoms with Gasteiger partial charge in [0, 0.05) is 36.8 Å². The number of nitrogens with one attached hydrogen (secondary N) is 2. The molecular formula is C19H16FN7O. The van der Waals surface area contributed by atoms with Gasteiger partial charge in [-0.3, -0.25) is 24.5 Å². The minimum Gasteiger partial charge on any atom is -0.345 e. The van der Waals surface area contributed by atoms with E-state index in [2.05, 4.69) is 30.6 Å². The van der Waals surface area contributed by atoms with E-state index < -0.39 is 0 Å². The molecule has 0 atom stereocenters. The molecule has 0 aliphatic rings. The highest BCUT2D eigenvalue weighted by molar-refractivity contribution is 5.93. The number of halogens is 1. The molecule has 4 rings (SSSR count). The van der Waals surface area contributed by atoms with Crippen molar-refractivity contribution in [3.63, 3.8) is 0 Å². The van der Waals surface area contributed by atoms with Crippen LogP contribution in [0.3, 0.4) is 0 Å². The van der Waals surface area contributed by atoms with E-state index in [1.807, 2.05) is 13.2 Å². The molecule has 0 aliphatic carbocycles. The molecule has 0 fully saturated rings. The second-order valence-electron chi connectivity index (χ2n) is 6.11. The maximum Gasteiger partial charge on any atom is 0.269 e. The van der Waals surface area contributed by atoms with Crippen LogP contribution in [0, 0.1) is 5.82 Å². The van der Waals surface area contributed by atoms with Crippen LogP contribution in [0.5, 0.6) is 0 Å². The molecule has 4 aromatic rings. The van der Waals surface area contributed by atoms with Gasteiger partial charge in [-0.2, -0.15) is 10.2 Å². The summed E-state index contributed by atoms with van der Waals surface area (Å²) in [6.07, 6.45) is 6.69. The zero-order valence-corrected chi connectivity index (χ0v) is 14.9. The average molecular weight is 377 g/mol. The van der Waals surface area contributed by atoms with Crippen molar-refractivity contribution in [2.75, 3.05) is 0 Å². The van der Waals surface area contributed by atoms with E-state index in [0.29, 0.717) is 28.3 Å². The van der Waals surface area contributed by atoms with Crippen LogP contribution in [0.15, 0.2) is 55.1 Å². The van der Waals surface area contributed by atoms with Crippen LogP contribution >= 0.6 is 0 Å². The summed E-state index contributed by atoms with van der Waals surface area (Å²) in [5, 5.41) is 13.8. The standard InChI is InChI=1S/C19H16FN7O/c1-27-11-13(9-24-27)18-17(21-6-7-22-18)10-23-19(28)16-8-15(25-26-16)12-2-4-14(20)5-3-12/h2-9,11H,10H2,1H3,(H,23,28)(H,25,26). The first-order valence-corrected chi connectivity index (χ1v) is 8.48. The smallest absolute Gasteiger partial charge is 0.269 e. The van der Waals surface area contributed by atoms with Crippen molar-refractivity contribution < 1.29 is 9.18 Å². The van der Waals surface area contributed by atoms with Crippen molar-refractivity contribution in [3.8, 4) is 22.5 Å². The molecule has 1 amide bonds. The minimum absolute atomic E-state index is 0.196. The Hall–Kier alpha value is -3.88. The van der Waals surface area contributed by atoms with Crippen LogP contribution in [-0.4, -0.2) is 35.9 Å². The summed E-state index contributed by atoms with van der Waals surface area (Å²) in [5.74, 6) is -0.658. The molecule has 1 aromatic carbocycles. The third-order valence-corrected chi connectivity index (χ3v) is 4.13. The fourth-order valence-electron chi connectivity index (χ4n) is 2.75. The highest BCUT2D eigenvalue weighted by Gasteiger charge is 2.14. The quantitative estimate of drug-likeness (QED) is 0.556. The Morgan fingerprint density at radius 2 is 1.96 bits per heavy atom. The van der Waals surface area contributed by atoms with Gasteiger partial charge in [-0.25, -0.2) is 4.39 Å². The topological polar surface area (TPSA) is 101 Å². The molecule has 0 saturated carbocycles. The molecule has 8 nitrogen and oxygen atoms in total. The molecule has 2 N–H and O–H groups in total. The summed E-state index contributed by atoms with van der Waals surface area (Å²) in [5.41, 5.74) is 3.67. The Balaban J connectivity index is 1.48. The molecule has 0 spiro atoms. The maximum absolute atomic E-state index is 13.0. The lowest BCUT2D eigenvalue weighted by Gasteiger charge is -2.06. The fraction of sp³-hybridized carbons (Fsp3) is 0.105. The molecule has 9 heteroatoms. The Morgan fingerprint density at radius 1 is 1.18 bits per heavy atom. The zero-order chi connectivity index (χ0) is 19.5. The Morgan fingerprint density at radius 3 is 2.71 bits per heavy atom. The molecule has 0 aliphatic heterocycles. The van der Waals surface area contributed by atoms with Crippen molar-refractivity contribution in [2.24, 2.45) is 7.05 Å². The first kappa shape index (κ1) is 17.5. The Kier molecular flexibility index (Phi) is 4.63. The molecule has 0 radical (unpaired) electrons. The third-order valence-electron chi connectivity index (χ3n) is 4.13. The van der Waals surface area contributed by atoms with Gasteiger partial charge in [0.1, 0.15) is 11.5 Å². The van der Waals surface area contributed by atoms with Gasteiger partial charge < -0.3 is 5.32 Å². The summed E-state index contributed by atoms with van der Waals surface area (Å²) in [6, 6.07) is 7.51. The second kappa shape index (κ2) is 7.39. The van der Waals surface area contributed by atoms with Crippen molar-refractivity contribution in [1.29, 1.82) is 0 Å². The van der Waals surface area contributed by atoms with E-state index in [4.69, 9.17) is 0 Å². The van der Waals surface area contributed by atoms with Gasteiger partial charge in [0.2, 0.25) is 0 Å². The number of hydrogen-bond acceptors (Lipinski definition) is 5.